The van der Waals surface area contributed by atoms with Crippen LogP contribution in [0, 0.1) is 11.3 Å². The van der Waals surface area contributed by atoms with E-state index < -0.39 is 0 Å². The normalized spacial score (nSPS) is 11.6. The lowest BCUT2D eigenvalue weighted by atomic mass is 9.92. The van der Waals surface area contributed by atoms with E-state index in [9.17, 15) is 5.26 Å². The highest BCUT2D eigenvalue weighted by atomic mass is 15.2. The van der Waals surface area contributed by atoms with Crippen LogP contribution in [0.3, 0.4) is 0 Å². The zero-order valence-electron chi connectivity index (χ0n) is 51.6. The number of nitrogens with zero attached hydrogens (tertiary/aromatic N) is 5. The van der Waals surface area contributed by atoms with Crippen LogP contribution in [-0.4, -0.2) is 18.7 Å². The third-order valence-corrected chi connectivity index (χ3v) is 19.1. The summed E-state index contributed by atoms with van der Waals surface area (Å²) in [7, 11) is 0. The number of hydrogen-bond acceptors (Lipinski definition) is 2. The summed E-state index contributed by atoms with van der Waals surface area (Å²) in [5, 5.41) is 17.4. The number of pyridine rings is 1. The molecule has 0 saturated carbocycles. The zero-order chi connectivity index (χ0) is 62.9. The average Bonchev–Trinajstić information content (AvgIpc) is 1.58. The molecule has 5 heteroatoms. The number of benzene rings is 14. The number of nitriles is 1. The Balaban J connectivity index is 1.13. The highest BCUT2D eigenvalue weighted by Gasteiger charge is 2.33. The van der Waals surface area contributed by atoms with Crippen molar-refractivity contribution in [3.63, 3.8) is 0 Å². The van der Waals surface area contributed by atoms with E-state index in [0.29, 0.717) is 5.56 Å². The molecule has 5 nitrogen and oxygen atoms in total. The van der Waals surface area contributed by atoms with Crippen LogP contribution in [0.25, 0.3) is 172 Å². The van der Waals surface area contributed by atoms with E-state index in [-0.39, 0.29) is 0 Å². The number of rotatable bonds is 11. The molecule has 4 heterocycles. The van der Waals surface area contributed by atoms with Gasteiger partial charge in [-0.3, -0.25) is 9.13 Å². The molecule has 0 aliphatic heterocycles. The molecule has 4 aromatic heterocycles. The molecule has 442 valence electrons. The molecule has 0 bridgehead atoms. The van der Waals surface area contributed by atoms with Crippen LogP contribution in [0.4, 0.5) is 0 Å². The van der Waals surface area contributed by atoms with Gasteiger partial charge in [-0.2, -0.15) is 5.26 Å². The van der Waals surface area contributed by atoms with E-state index in [1.165, 1.54) is 0 Å². The fourth-order valence-electron chi connectivity index (χ4n) is 15.1. The maximum atomic E-state index is 10.7. The van der Waals surface area contributed by atoms with Gasteiger partial charge in [-0.05, 0) is 126 Å². The summed E-state index contributed by atoms with van der Waals surface area (Å²) in [6, 6.07) is 127. The Bertz CT molecular complexity index is 5740. The van der Waals surface area contributed by atoms with Crippen LogP contribution < -0.4 is 0 Å². The van der Waals surface area contributed by atoms with Gasteiger partial charge in [-0.15, -0.1) is 0 Å². The number of fused-ring (bicyclic) bond motifs is 9. The quantitative estimate of drug-likeness (QED) is 0.130. The maximum Gasteiger partial charge on any atom is 0.165 e. The molecule has 0 amide bonds. The molecule has 95 heavy (non-hydrogen) atoms. The van der Waals surface area contributed by atoms with Crippen molar-refractivity contribution in [3.8, 4) is 112 Å². The minimum absolute atomic E-state index is 0.566. The fraction of sp³-hybridized carbons (Fsp3) is 0. The van der Waals surface area contributed by atoms with Crippen LogP contribution in [-0.2, 0) is 0 Å². The molecule has 0 radical (unpaired) electrons. The van der Waals surface area contributed by atoms with Crippen LogP contribution >= 0.6 is 0 Å². The first-order valence-corrected chi connectivity index (χ1v) is 32.3. The van der Waals surface area contributed by atoms with E-state index in [0.717, 1.165) is 172 Å². The standard InChI is InChI=1S/C90H57N5/c91-58-59-54-56-67(57-55-59)80-81(66-40-20-7-21-41-66)89(94-76-50-24-44-70(62-32-12-3-13-33-62)84(76)85-71(45-25-51-77(85)94)63-34-14-4-15-35-63)92-90(95-78-52-26-46-72(64-36-16-5-17-37-64)86(78)87-73(47-27-53-79(87)95)65-38-18-6-19-39-65)88(80)93-74-48-22-42-68(60-28-8-1-9-29-60)82(74)83-69(43-23-49-75(83)93)61-30-10-2-11-31-61/h1-57H. The molecule has 18 rings (SSSR count). The van der Waals surface area contributed by atoms with Gasteiger partial charge in [0.15, 0.2) is 5.82 Å². The van der Waals surface area contributed by atoms with Crippen molar-refractivity contribution >= 4 is 65.4 Å². The molecule has 0 N–H and O–H groups in total. The largest absolute Gasteiger partial charge is 0.305 e. The van der Waals surface area contributed by atoms with E-state index in [4.69, 9.17) is 4.98 Å². The minimum atomic E-state index is 0.566. The molecule has 0 unspecified atom stereocenters. The topological polar surface area (TPSA) is 51.5 Å². The maximum absolute atomic E-state index is 10.7. The van der Waals surface area contributed by atoms with Gasteiger partial charge in [-0.1, -0.05) is 297 Å². The van der Waals surface area contributed by atoms with Gasteiger partial charge in [0.1, 0.15) is 5.82 Å². The number of hydrogen-bond donors (Lipinski definition) is 0. The van der Waals surface area contributed by atoms with Gasteiger partial charge >= 0.3 is 0 Å². The van der Waals surface area contributed by atoms with Crippen LogP contribution in [0.5, 0.6) is 0 Å². The van der Waals surface area contributed by atoms with E-state index in [1.54, 1.807) is 0 Å². The minimum Gasteiger partial charge on any atom is -0.305 e. The number of aromatic nitrogens is 4. The third kappa shape index (κ3) is 8.88. The van der Waals surface area contributed by atoms with Gasteiger partial charge in [0.2, 0.25) is 0 Å². The van der Waals surface area contributed by atoms with Crippen molar-refractivity contribution in [3.05, 3.63) is 351 Å². The Hall–Kier alpha value is -12.9. The molecule has 18 aromatic rings. The van der Waals surface area contributed by atoms with Crippen molar-refractivity contribution in [1.29, 1.82) is 5.26 Å². The van der Waals surface area contributed by atoms with E-state index in [2.05, 4.69) is 353 Å². The molecule has 0 atom stereocenters. The lowest BCUT2D eigenvalue weighted by Crippen LogP contribution is -2.13. The van der Waals surface area contributed by atoms with Gasteiger partial charge in [0, 0.05) is 43.4 Å². The summed E-state index contributed by atoms with van der Waals surface area (Å²) in [6.45, 7) is 0. The first-order chi connectivity index (χ1) is 47.2. The second-order valence-corrected chi connectivity index (χ2v) is 24.3. The monoisotopic (exact) mass is 1210 g/mol. The van der Waals surface area contributed by atoms with Crippen molar-refractivity contribution in [2.45, 2.75) is 0 Å². The van der Waals surface area contributed by atoms with Crippen molar-refractivity contribution in [2.75, 3.05) is 0 Å². The summed E-state index contributed by atoms with van der Waals surface area (Å²) >= 11 is 0. The average molecular weight is 1210 g/mol. The van der Waals surface area contributed by atoms with Gasteiger partial charge < -0.3 is 4.57 Å². The Morgan fingerprint density at radius 2 is 0.453 bits per heavy atom. The van der Waals surface area contributed by atoms with Gasteiger partial charge in [-0.25, -0.2) is 4.98 Å². The Labute approximate surface area is 549 Å². The van der Waals surface area contributed by atoms with Crippen molar-refractivity contribution in [1.82, 2.24) is 18.7 Å². The summed E-state index contributed by atoms with van der Waals surface area (Å²) in [4.78, 5) is 6.65. The molecule has 0 saturated heterocycles. The molecule has 0 aliphatic rings. The van der Waals surface area contributed by atoms with Crippen molar-refractivity contribution in [2.24, 2.45) is 0 Å². The second kappa shape index (κ2) is 22.8. The lowest BCUT2D eigenvalue weighted by Gasteiger charge is -2.26. The summed E-state index contributed by atoms with van der Waals surface area (Å²) < 4.78 is 7.46. The Morgan fingerprint density at radius 3 is 0.726 bits per heavy atom. The Kier molecular flexibility index (Phi) is 13.2. The first-order valence-electron chi connectivity index (χ1n) is 32.3. The lowest BCUT2D eigenvalue weighted by molar-refractivity contribution is 0.987. The smallest absolute Gasteiger partial charge is 0.165 e. The molecule has 0 aliphatic carbocycles. The highest BCUT2D eigenvalue weighted by molar-refractivity contribution is 6.25. The van der Waals surface area contributed by atoms with Crippen LogP contribution in [0.2, 0.25) is 0 Å². The van der Waals surface area contributed by atoms with Gasteiger partial charge in [0.25, 0.3) is 0 Å². The Morgan fingerprint density at radius 1 is 0.211 bits per heavy atom. The predicted molar refractivity (Wildman–Crippen MR) is 395 cm³/mol. The first kappa shape index (κ1) is 55.0. The van der Waals surface area contributed by atoms with Crippen LogP contribution in [0.1, 0.15) is 5.56 Å². The summed E-state index contributed by atoms with van der Waals surface area (Å²) in [5.41, 5.74) is 24.7. The van der Waals surface area contributed by atoms with Gasteiger partial charge in [0.05, 0.1) is 50.4 Å². The summed E-state index contributed by atoms with van der Waals surface area (Å²) in [6.07, 6.45) is 0. The molecule has 0 spiro atoms. The SMILES string of the molecule is N#Cc1ccc(-c2c(-c3ccccc3)c(-n3c4cccc(-c5ccccc5)c4c4c(-c5ccccc5)cccc43)nc(-n3c4cccc(-c5ccccc5)c4c4c(-c5ccccc5)cccc43)c2-n2c3cccc(-c4ccccc4)c3c3c(-c4ccccc4)cccc32)cc1. The molecular weight excluding hydrogens is 1150 g/mol. The molecule has 14 aromatic carbocycles. The van der Waals surface area contributed by atoms with E-state index >= 15 is 0 Å². The molecular formula is C90H57N5. The summed E-state index contributed by atoms with van der Waals surface area (Å²) in [5.74, 6) is 1.46. The second-order valence-electron chi connectivity index (χ2n) is 24.3. The third-order valence-electron chi connectivity index (χ3n) is 19.1. The van der Waals surface area contributed by atoms with E-state index in [1.807, 2.05) is 12.1 Å². The predicted octanol–water partition coefficient (Wildman–Crippen LogP) is 23.6. The molecule has 0 fully saturated rings. The zero-order valence-corrected chi connectivity index (χ0v) is 51.6. The fourth-order valence-corrected chi connectivity index (χ4v) is 15.1. The van der Waals surface area contributed by atoms with Crippen LogP contribution in [0.15, 0.2) is 346 Å². The highest BCUT2D eigenvalue weighted by Crippen LogP contribution is 2.53. The van der Waals surface area contributed by atoms with Crippen molar-refractivity contribution < 1.29 is 0 Å².